The van der Waals surface area contributed by atoms with Gasteiger partial charge in [0.05, 0.1) is 7.11 Å². The number of nitrogens with zero attached hydrogens (tertiary/aromatic N) is 1. The maximum atomic E-state index is 5.37. The van der Waals surface area contributed by atoms with Crippen molar-refractivity contribution in [1.29, 1.82) is 0 Å². The van der Waals surface area contributed by atoms with Crippen molar-refractivity contribution in [2.45, 2.75) is 32.7 Å². The lowest BCUT2D eigenvalue weighted by atomic mass is 9.96. The molecule has 0 aromatic heterocycles. The van der Waals surface area contributed by atoms with Gasteiger partial charge in [0.15, 0.2) is 0 Å². The highest BCUT2D eigenvalue weighted by Gasteiger charge is 2.16. The van der Waals surface area contributed by atoms with Crippen LogP contribution in [0.2, 0.25) is 0 Å². The molecule has 1 aliphatic rings. The Bertz CT molecular complexity index is 431. The fourth-order valence-electron chi connectivity index (χ4n) is 2.86. The van der Waals surface area contributed by atoms with Crippen molar-refractivity contribution >= 4 is 0 Å². The summed E-state index contributed by atoms with van der Waals surface area (Å²) in [5.74, 6) is 0.997. The minimum atomic E-state index is 0.626. The van der Waals surface area contributed by atoms with Crippen molar-refractivity contribution < 1.29 is 4.74 Å². The summed E-state index contributed by atoms with van der Waals surface area (Å²) in [4.78, 5) is 2.41. The van der Waals surface area contributed by atoms with Gasteiger partial charge in [0, 0.05) is 25.7 Å². The van der Waals surface area contributed by atoms with E-state index in [1.165, 1.54) is 23.1 Å². The van der Waals surface area contributed by atoms with E-state index in [9.17, 15) is 0 Å². The van der Waals surface area contributed by atoms with Crippen molar-refractivity contribution in [1.82, 2.24) is 10.2 Å². The number of aryl methyl sites for hydroxylation is 1. The summed E-state index contributed by atoms with van der Waals surface area (Å²) in [5, 5.41) is 3.61. The molecule has 1 heterocycles. The predicted molar refractivity (Wildman–Crippen MR) is 80.1 cm³/mol. The zero-order valence-corrected chi connectivity index (χ0v) is 12.6. The van der Waals surface area contributed by atoms with E-state index in [1.54, 1.807) is 7.11 Å². The molecule has 1 unspecified atom stereocenters. The van der Waals surface area contributed by atoms with Crippen molar-refractivity contribution in [3.8, 4) is 5.75 Å². The van der Waals surface area contributed by atoms with Crippen LogP contribution < -0.4 is 10.1 Å². The van der Waals surface area contributed by atoms with Gasteiger partial charge in [-0.15, -0.1) is 0 Å². The molecule has 0 bridgehead atoms. The smallest absolute Gasteiger partial charge is 0.122 e. The summed E-state index contributed by atoms with van der Waals surface area (Å²) >= 11 is 0. The second-order valence-corrected chi connectivity index (χ2v) is 5.63. The lowest BCUT2D eigenvalue weighted by Gasteiger charge is -2.31. The lowest BCUT2D eigenvalue weighted by molar-refractivity contribution is 0.232. The number of piperazine rings is 1. The van der Waals surface area contributed by atoms with E-state index in [4.69, 9.17) is 4.74 Å². The van der Waals surface area contributed by atoms with Crippen molar-refractivity contribution in [2.75, 3.05) is 33.8 Å². The summed E-state index contributed by atoms with van der Waals surface area (Å²) in [5.41, 5.74) is 4.10. The van der Waals surface area contributed by atoms with Gasteiger partial charge in [-0.25, -0.2) is 0 Å². The molecule has 0 spiro atoms. The highest BCUT2D eigenvalue weighted by Crippen LogP contribution is 2.25. The molecule has 106 valence electrons. The number of rotatable bonds is 4. The first-order valence-corrected chi connectivity index (χ1v) is 7.17. The van der Waals surface area contributed by atoms with Gasteiger partial charge in [0.25, 0.3) is 0 Å². The van der Waals surface area contributed by atoms with E-state index in [0.717, 1.165) is 31.8 Å². The SMILES string of the molecule is COc1ccc(CCC2CN(C)CCN2)c(C)c1C. The van der Waals surface area contributed by atoms with Crippen LogP contribution in [0.4, 0.5) is 0 Å². The molecule has 3 nitrogen and oxygen atoms in total. The zero-order valence-electron chi connectivity index (χ0n) is 12.6. The van der Waals surface area contributed by atoms with Crippen molar-refractivity contribution in [2.24, 2.45) is 0 Å². The van der Waals surface area contributed by atoms with Gasteiger partial charge in [-0.05, 0) is 56.5 Å². The van der Waals surface area contributed by atoms with E-state index in [2.05, 4.69) is 43.2 Å². The van der Waals surface area contributed by atoms with Crippen LogP contribution in [0.5, 0.6) is 5.75 Å². The lowest BCUT2D eigenvalue weighted by Crippen LogP contribution is -2.49. The number of likely N-dealkylation sites (N-methyl/N-ethyl adjacent to an activating group) is 1. The monoisotopic (exact) mass is 262 g/mol. The number of benzene rings is 1. The molecular weight excluding hydrogens is 236 g/mol. The highest BCUT2D eigenvalue weighted by atomic mass is 16.5. The normalized spacial score (nSPS) is 20.5. The molecule has 1 aliphatic heterocycles. The van der Waals surface area contributed by atoms with Gasteiger partial charge in [-0.1, -0.05) is 6.07 Å². The van der Waals surface area contributed by atoms with Crippen LogP contribution in [0.3, 0.4) is 0 Å². The average Bonchev–Trinajstić information content (AvgIpc) is 2.41. The number of methoxy groups -OCH3 is 1. The summed E-state index contributed by atoms with van der Waals surface area (Å²) in [6.07, 6.45) is 2.35. The Hall–Kier alpha value is -1.06. The fourth-order valence-corrected chi connectivity index (χ4v) is 2.86. The van der Waals surface area contributed by atoms with E-state index in [-0.39, 0.29) is 0 Å². The molecule has 1 aromatic rings. The van der Waals surface area contributed by atoms with E-state index in [0.29, 0.717) is 6.04 Å². The maximum absolute atomic E-state index is 5.37. The van der Waals surface area contributed by atoms with Crippen LogP contribution >= 0.6 is 0 Å². The van der Waals surface area contributed by atoms with E-state index in [1.807, 2.05) is 0 Å². The molecule has 1 saturated heterocycles. The third-order valence-electron chi connectivity index (χ3n) is 4.29. The standard InChI is InChI=1S/C16H26N2O/c1-12-13(2)16(19-4)8-6-14(12)5-7-15-11-18(3)10-9-17-15/h6,8,15,17H,5,7,9-11H2,1-4H3. The van der Waals surface area contributed by atoms with E-state index >= 15 is 0 Å². The minimum Gasteiger partial charge on any atom is -0.496 e. The number of nitrogens with one attached hydrogen (secondary N) is 1. The van der Waals surface area contributed by atoms with Gasteiger partial charge in [0.1, 0.15) is 5.75 Å². The Kier molecular flexibility index (Phi) is 4.83. The van der Waals surface area contributed by atoms with Gasteiger partial charge < -0.3 is 15.0 Å². The van der Waals surface area contributed by atoms with Crippen LogP contribution in [-0.4, -0.2) is 44.7 Å². The first kappa shape index (κ1) is 14.4. The molecule has 19 heavy (non-hydrogen) atoms. The summed E-state index contributed by atoms with van der Waals surface area (Å²) in [6, 6.07) is 4.94. The van der Waals surface area contributed by atoms with Crippen LogP contribution in [0.25, 0.3) is 0 Å². The molecule has 0 aliphatic carbocycles. The van der Waals surface area contributed by atoms with E-state index < -0.39 is 0 Å². The Labute approximate surface area is 116 Å². The second kappa shape index (κ2) is 6.40. The molecule has 2 rings (SSSR count). The fraction of sp³-hybridized carbons (Fsp3) is 0.625. The molecular formula is C16H26N2O. The molecule has 1 fully saturated rings. The van der Waals surface area contributed by atoms with Gasteiger partial charge >= 0.3 is 0 Å². The predicted octanol–water partition coefficient (Wildman–Crippen LogP) is 2.15. The Morgan fingerprint density at radius 1 is 1.32 bits per heavy atom. The second-order valence-electron chi connectivity index (χ2n) is 5.63. The Morgan fingerprint density at radius 2 is 2.11 bits per heavy atom. The molecule has 1 N–H and O–H groups in total. The van der Waals surface area contributed by atoms with Gasteiger partial charge in [0.2, 0.25) is 0 Å². The van der Waals surface area contributed by atoms with Crippen LogP contribution in [0, 0.1) is 13.8 Å². The first-order valence-electron chi connectivity index (χ1n) is 7.17. The third kappa shape index (κ3) is 3.48. The van der Waals surface area contributed by atoms with Crippen molar-refractivity contribution in [3.63, 3.8) is 0 Å². The largest absolute Gasteiger partial charge is 0.496 e. The minimum absolute atomic E-state index is 0.626. The zero-order chi connectivity index (χ0) is 13.8. The van der Waals surface area contributed by atoms with Crippen molar-refractivity contribution in [3.05, 3.63) is 28.8 Å². The topological polar surface area (TPSA) is 24.5 Å². The summed E-state index contributed by atoms with van der Waals surface area (Å²) in [6.45, 7) is 7.78. The van der Waals surface area contributed by atoms with Gasteiger partial charge in [-0.2, -0.15) is 0 Å². The molecule has 3 heteroatoms. The maximum Gasteiger partial charge on any atom is 0.122 e. The van der Waals surface area contributed by atoms with Gasteiger partial charge in [-0.3, -0.25) is 0 Å². The first-order chi connectivity index (χ1) is 9.11. The number of hydrogen-bond acceptors (Lipinski definition) is 3. The number of ether oxygens (including phenoxy) is 1. The molecule has 1 atom stereocenters. The Morgan fingerprint density at radius 3 is 2.79 bits per heavy atom. The number of hydrogen-bond donors (Lipinski definition) is 1. The molecule has 0 amide bonds. The Balaban J connectivity index is 1.98. The molecule has 1 aromatic carbocycles. The summed E-state index contributed by atoms with van der Waals surface area (Å²) in [7, 11) is 3.94. The highest BCUT2D eigenvalue weighted by molar-refractivity contribution is 5.43. The van der Waals surface area contributed by atoms with Crippen LogP contribution in [-0.2, 0) is 6.42 Å². The third-order valence-corrected chi connectivity index (χ3v) is 4.29. The molecule has 0 radical (unpaired) electrons. The molecule has 0 saturated carbocycles. The average molecular weight is 262 g/mol. The summed E-state index contributed by atoms with van der Waals surface area (Å²) < 4.78 is 5.37. The van der Waals surface area contributed by atoms with Crippen LogP contribution in [0.15, 0.2) is 12.1 Å². The quantitative estimate of drug-likeness (QED) is 0.900. The van der Waals surface area contributed by atoms with Crippen LogP contribution in [0.1, 0.15) is 23.1 Å².